The van der Waals surface area contributed by atoms with Crippen LogP contribution < -0.4 is 9.86 Å². The van der Waals surface area contributed by atoms with Gasteiger partial charge in [-0.2, -0.15) is 0 Å². The third kappa shape index (κ3) is 4.35. The maximum atomic E-state index is 12.5. The molecule has 0 heterocycles. The van der Waals surface area contributed by atoms with Gasteiger partial charge in [0.05, 0.1) is 28.2 Å². The number of sulfonamides is 2. The first-order valence-electron chi connectivity index (χ1n) is 6.89. The number of nitrogens with one attached hydrogen (secondary N) is 1. The molecule has 3 N–H and O–H groups in total. The first-order valence-corrected chi connectivity index (χ1v) is 9.92. The number of esters is 1. The van der Waals surface area contributed by atoms with Crippen LogP contribution in [0.15, 0.2) is 52.3 Å². The van der Waals surface area contributed by atoms with Crippen molar-refractivity contribution in [1.29, 1.82) is 0 Å². The van der Waals surface area contributed by atoms with Gasteiger partial charge in [-0.1, -0.05) is 12.1 Å². The zero-order valence-corrected chi connectivity index (χ0v) is 15.0. The molecule has 0 atom stereocenters. The lowest BCUT2D eigenvalue weighted by molar-refractivity contribution is 0.0600. The number of aryl methyl sites for hydroxylation is 1. The Morgan fingerprint density at radius 3 is 2.28 bits per heavy atom. The molecule has 0 aliphatic heterocycles. The Morgan fingerprint density at radius 1 is 1.04 bits per heavy atom. The Bertz CT molecular complexity index is 1030. The SMILES string of the molecule is COC(=O)c1ccc(C)c(NS(=O)(=O)c2cccc(S(N)(=O)=O)c2)c1. The molecule has 10 heteroatoms. The van der Waals surface area contributed by atoms with Crippen molar-refractivity contribution in [2.24, 2.45) is 5.14 Å². The van der Waals surface area contributed by atoms with Crippen LogP contribution in [0.4, 0.5) is 5.69 Å². The molecular formula is C15H16N2O6S2. The van der Waals surface area contributed by atoms with E-state index in [1.54, 1.807) is 13.0 Å². The largest absolute Gasteiger partial charge is 0.465 e. The van der Waals surface area contributed by atoms with Crippen LogP contribution >= 0.6 is 0 Å². The molecule has 25 heavy (non-hydrogen) atoms. The van der Waals surface area contributed by atoms with Crippen LogP contribution in [-0.2, 0) is 24.8 Å². The lowest BCUT2D eigenvalue weighted by Gasteiger charge is -2.12. The Hall–Kier alpha value is -2.43. The highest BCUT2D eigenvalue weighted by Gasteiger charge is 2.19. The van der Waals surface area contributed by atoms with Crippen LogP contribution in [0, 0.1) is 6.92 Å². The lowest BCUT2D eigenvalue weighted by atomic mass is 10.1. The van der Waals surface area contributed by atoms with Crippen LogP contribution in [0.1, 0.15) is 15.9 Å². The standard InChI is InChI=1S/C15H16N2O6S2/c1-10-6-7-11(15(18)23-2)8-14(10)17-25(21,22)13-5-3-4-12(9-13)24(16,19)20/h3-9,17H,1-2H3,(H2,16,19,20). The van der Waals surface area contributed by atoms with Crippen molar-refractivity contribution in [2.45, 2.75) is 16.7 Å². The van der Waals surface area contributed by atoms with Crippen LogP contribution in [0.25, 0.3) is 0 Å². The number of hydrogen-bond donors (Lipinski definition) is 2. The van der Waals surface area contributed by atoms with Gasteiger partial charge in [0.25, 0.3) is 10.0 Å². The van der Waals surface area contributed by atoms with Gasteiger partial charge in [-0.15, -0.1) is 0 Å². The van der Waals surface area contributed by atoms with E-state index >= 15 is 0 Å². The van der Waals surface area contributed by atoms with Crippen LogP contribution in [-0.4, -0.2) is 29.9 Å². The van der Waals surface area contributed by atoms with E-state index in [9.17, 15) is 21.6 Å². The van der Waals surface area contributed by atoms with E-state index in [0.29, 0.717) is 5.56 Å². The summed E-state index contributed by atoms with van der Waals surface area (Å²) in [5, 5.41) is 5.02. The van der Waals surface area contributed by atoms with Gasteiger partial charge in [-0.3, -0.25) is 4.72 Å². The quantitative estimate of drug-likeness (QED) is 0.745. The Balaban J connectivity index is 2.45. The fourth-order valence-corrected chi connectivity index (χ4v) is 3.80. The summed E-state index contributed by atoms with van der Waals surface area (Å²) in [6.45, 7) is 1.65. The molecular weight excluding hydrogens is 368 g/mol. The molecule has 0 saturated heterocycles. The van der Waals surface area contributed by atoms with Gasteiger partial charge in [0, 0.05) is 0 Å². The van der Waals surface area contributed by atoms with E-state index in [0.717, 1.165) is 6.07 Å². The van der Waals surface area contributed by atoms with E-state index in [1.165, 1.54) is 37.4 Å². The van der Waals surface area contributed by atoms with Gasteiger partial charge >= 0.3 is 5.97 Å². The van der Waals surface area contributed by atoms with Gasteiger partial charge in [0.15, 0.2) is 0 Å². The molecule has 0 aliphatic rings. The number of rotatable bonds is 5. The molecule has 0 unspecified atom stereocenters. The summed E-state index contributed by atoms with van der Waals surface area (Å²) in [6.07, 6.45) is 0. The Kier molecular flexibility index (Phi) is 5.16. The number of primary sulfonamides is 1. The normalized spacial score (nSPS) is 11.8. The molecule has 8 nitrogen and oxygen atoms in total. The topological polar surface area (TPSA) is 133 Å². The molecule has 0 amide bonds. The smallest absolute Gasteiger partial charge is 0.337 e. The molecule has 134 valence electrons. The number of nitrogens with two attached hydrogens (primary N) is 1. The fraction of sp³-hybridized carbons (Fsp3) is 0.133. The monoisotopic (exact) mass is 384 g/mol. The highest BCUT2D eigenvalue weighted by atomic mass is 32.2. The molecule has 0 bridgehead atoms. The average molecular weight is 384 g/mol. The van der Waals surface area contributed by atoms with E-state index in [1.807, 2.05) is 0 Å². The minimum Gasteiger partial charge on any atom is -0.465 e. The molecule has 2 aromatic carbocycles. The second-order valence-electron chi connectivity index (χ2n) is 5.15. The molecule has 0 fully saturated rings. The summed E-state index contributed by atoms with van der Waals surface area (Å²) < 4.78 is 54.8. The molecule has 0 aliphatic carbocycles. The van der Waals surface area contributed by atoms with E-state index in [2.05, 4.69) is 9.46 Å². The maximum Gasteiger partial charge on any atom is 0.337 e. The predicted molar refractivity (Wildman–Crippen MR) is 91.1 cm³/mol. The third-order valence-electron chi connectivity index (χ3n) is 3.35. The van der Waals surface area contributed by atoms with Crippen molar-refractivity contribution in [3.8, 4) is 0 Å². The number of hydrogen-bond acceptors (Lipinski definition) is 6. The zero-order chi connectivity index (χ0) is 18.8. The fourth-order valence-electron chi connectivity index (χ4n) is 2.00. The minimum absolute atomic E-state index is 0.170. The van der Waals surface area contributed by atoms with Gasteiger partial charge in [-0.25, -0.2) is 26.8 Å². The molecule has 0 radical (unpaired) electrons. The van der Waals surface area contributed by atoms with Crippen molar-refractivity contribution in [3.05, 3.63) is 53.6 Å². The highest BCUT2D eigenvalue weighted by molar-refractivity contribution is 7.93. The molecule has 2 aromatic rings. The number of ether oxygens (including phenoxy) is 1. The Morgan fingerprint density at radius 2 is 1.68 bits per heavy atom. The summed E-state index contributed by atoms with van der Waals surface area (Å²) in [7, 11) is -6.92. The Labute approximate surface area is 145 Å². The van der Waals surface area contributed by atoms with Gasteiger partial charge < -0.3 is 4.74 Å². The summed E-state index contributed by atoms with van der Waals surface area (Å²) >= 11 is 0. The summed E-state index contributed by atoms with van der Waals surface area (Å²) in [5.74, 6) is -0.614. The molecule has 2 rings (SSSR count). The first kappa shape index (κ1) is 18.9. The van der Waals surface area contributed by atoms with Gasteiger partial charge in [0.1, 0.15) is 0 Å². The van der Waals surface area contributed by atoms with Crippen LogP contribution in [0.2, 0.25) is 0 Å². The van der Waals surface area contributed by atoms with E-state index < -0.39 is 26.0 Å². The van der Waals surface area contributed by atoms with E-state index in [4.69, 9.17) is 5.14 Å². The highest BCUT2D eigenvalue weighted by Crippen LogP contribution is 2.23. The van der Waals surface area contributed by atoms with Crippen molar-refractivity contribution >= 4 is 31.7 Å². The maximum absolute atomic E-state index is 12.5. The third-order valence-corrected chi connectivity index (χ3v) is 5.62. The molecule has 0 aromatic heterocycles. The van der Waals surface area contributed by atoms with Crippen molar-refractivity contribution in [2.75, 3.05) is 11.8 Å². The molecule has 0 spiro atoms. The predicted octanol–water partition coefficient (Wildman–Crippen LogP) is 1.23. The average Bonchev–Trinajstić information content (AvgIpc) is 2.55. The van der Waals surface area contributed by atoms with E-state index in [-0.39, 0.29) is 21.0 Å². The van der Waals surface area contributed by atoms with Crippen molar-refractivity contribution < 1.29 is 26.4 Å². The molecule has 0 saturated carbocycles. The number of carbonyl (C=O) groups excluding carboxylic acids is 1. The lowest BCUT2D eigenvalue weighted by Crippen LogP contribution is -2.17. The number of carbonyl (C=O) groups is 1. The number of benzene rings is 2. The first-order chi connectivity index (χ1) is 11.5. The van der Waals surface area contributed by atoms with Crippen molar-refractivity contribution in [3.63, 3.8) is 0 Å². The van der Waals surface area contributed by atoms with Gasteiger partial charge in [-0.05, 0) is 42.8 Å². The van der Waals surface area contributed by atoms with Gasteiger partial charge in [0.2, 0.25) is 10.0 Å². The number of methoxy groups -OCH3 is 1. The summed E-state index contributed by atoms with van der Waals surface area (Å²) in [5.41, 5.74) is 0.909. The van der Waals surface area contributed by atoms with Crippen LogP contribution in [0.3, 0.4) is 0 Å². The van der Waals surface area contributed by atoms with Crippen molar-refractivity contribution in [1.82, 2.24) is 0 Å². The second-order valence-corrected chi connectivity index (χ2v) is 8.39. The summed E-state index contributed by atoms with van der Waals surface area (Å²) in [4.78, 5) is 11.0. The summed E-state index contributed by atoms with van der Waals surface area (Å²) in [6, 6.07) is 9.05. The number of anilines is 1. The second kappa shape index (κ2) is 6.82. The zero-order valence-electron chi connectivity index (χ0n) is 13.4. The van der Waals surface area contributed by atoms with Crippen LogP contribution in [0.5, 0.6) is 0 Å². The minimum atomic E-state index is -4.09.